The highest BCUT2D eigenvalue weighted by molar-refractivity contribution is 8.25. The van der Waals surface area contributed by atoms with Gasteiger partial charge in [0.1, 0.15) is 11.5 Å². The predicted octanol–water partition coefficient (Wildman–Crippen LogP) is 6.04. The van der Waals surface area contributed by atoms with Crippen molar-refractivity contribution in [3.63, 3.8) is 0 Å². The number of benzene rings is 2. The third kappa shape index (κ3) is 7.56. The van der Waals surface area contributed by atoms with Gasteiger partial charge in [0.2, 0.25) is 11.8 Å². The Morgan fingerprint density at radius 2 is 1.65 bits per heavy atom. The van der Waals surface area contributed by atoms with Crippen LogP contribution in [0.4, 0.5) is 5.69 Å². The first-order valence-corrected chi connectivity index (χ1v) is 12.8. The zero-order valence-electron chi connectivity index (χ0n) is 18.8. The minimum absolute atomic E-state index is 0.0628. The number of thiol groups is 1. The number of nitrogens with zero attached hydrogens (tertiary/aromatic N) is 1. The van der Waals surface area contributed by atoms with Gasteiger partial charge >= 0.3 is 0 Å². The van der Waals surface area contributed by atoms with Crippen molar-refractivity contribution in [3.8, 4) is 11.5 Å². The first kappa shape index (κ1) is 25.7. The maximum absolute atomic E-state index is 12.5. The van der Waals surface area contributed by atoms with Crippen LogP contribution in [0.2, 0.25) is 0 Å². The van der Waals surface area contributed by atoms with Gasteiger partial charge in [0.15, 0.2) is 0 Å². The molecule has 0 spiro atoms. The Morgan fingerprint density at radius 1 is 0.971 bits per heavy atom. The van der Waals surface area contributed by atoms with Crippen LogP contribution < -0.4 is 14.8 Å². The summed E-state index contributed by atoms with van der Waals surface area (Å²) in [4.78, 5) is 24.0. The summed E-state index contributed by atoms with van der Waals surface area (Å²) in [5.41, 5.74) is 0.340. The molecule has 0 radical (unpaired) electrons. The molecule has 0 atom stereocenters. The lowest BCUT2D eigenvalue weighted by Gasteiger charge is -2.33. The van der Waals surface area contributed by atoms with Crippen molar-refractivity contribution in [2.75, 3.05) is 11.3 Å². The molecule has 0 bridgehead atoms. The lowest BCUT2D eigenvalue weighted by molar-refractivity contribution is -0.118. The van der Waals surface area contributed by atoms with E-state index in [0.29, 0.717) is 41.5 Å². The van der Waals surface area contributed by atoms with Crippen molar-refractivity contribution in [2.45, 2.75) is 42.4 Å². The molecule has 182 valence electrons. The van der Waals surface area contributed by atoms with Crippen molar-refractivity contribution in [3.05, 3.63) is 67.0 Å². The Bertz CT molecular complexity index is 1100. The quantitative estimate of drug-likeness (QED) is 0.161. The normalized spacial score (nSPS) is 11.6. The minimum Gasteiger partial charge on any atom is -0.457 e. The van der Waals surface area contributed by atoms with E-state index in [2.05, 4.69) is 22.7 Å². The molecule has 1 amide bonds. The summed E-state index contributed by atoms with van der Waals surface area (Å²) in [6.07, 6.45) is 5.69. The van der Waals surface area contributed by atoms with Gasteiger partial charge in [-0.05, 0) is 49.2 Å². The number of anilines is 1. The average Bonchev–Trinajstić information content (AvgIpc) is 3.16. The molecule has 0 saturated heterocycles. The Kier molecular flexibility index (Phi) is 9.05. The van der Waals surface area contributed by atoms with Gasteiger partial charge in [-0.2, -0.15) is 0 Å². The second-order valence-corrected chi connectivity index (χ2v) is 9.94. The molecule has 1 aromatic heterocycles. The summed E-state index contributed by atoms with van der Waals surface area (Å²) in [5, 5.41) is 2.73. The highest BCUT2D eigenvalue weighted by Gasteiger charge is 2.19. The highest BCUT2D eigenvalue weighted by atomic mass is 32.3. The van der Waals surface area contributed by atoms with Crippen LogP contribution in [0, 0.1) is 0 Å². The van der Waals surface area contributed by atoms with Crippen LogP contribution in [-0.4, -0.2) is 32.0 Å². The number of aromatic nitrogens is 1. The van der Waals surface area contributed by atoms with Crippen LogP contribution >= 0.6 is 23.4 Å². The molecule has 4 N–H and O–H groups in total. The summed E-state index contributed by atoms with van der Waals surface area (Å²) in [5.74, 6) is 1.06. The van der Waals surface area contributed by atoms with Crippen molar-refractivity contribution >= 4 is 40.9 Å². The van der Waals surface area contributed by atoms with E-state index in [0.717, 1.165) is 12.8 Å². The molecule has 34 heavy (non-hydrogen) atoms. The topological polar surface area (TPSA) is 113 Å². The summed E-state index contributed by atoms with van der Waals surface area (Å²) in [6.45, 7) is 2.07. The zero-order chi connectivity index (χ0) is 24.6. The molecule has 0 aliphatic rings. The summed E-state index contributed by atoms with van der Waals surface area (Å²) in [6, 6.07) is 15.7. The second-order valence-electron chi connectivity index (χ2n) is 7.69. The molecule has 0 fully saturated rings. The van der Waals surface area contributed by atoms with Gasteiger partial charge in [-0.3, -0.25) is 28.0 Å². The Hall–Kier alpha value is -2.92. The van der Waals surface area contributed by atoms with Crippen molar-refractivity contribution in [1.82, 2.24) is 9.88 Å². The highest BCUT2D eigenvalue weighted by Crippen LogP contribution is 2.49. The molecule has 10 heteroatoms. The van der Waals surface area contributed by atoms with E-state index in [1.807, 2.05) is 30.3 Å². The Morgan fingerprint density at radius 3 is 2.32 bits per heavy atom. The fourth-order valence-corrected chi connectivity index (χ4v) is 4.59. The largest absolute Gasteiger partial charge is 0.457 e. The second kappa shape index (κ2) is 12.0. The monoisotopic (exact) mass is 503 g/mol. The first-order chi connectivity index (χ1) is 16.2. The molecule has 2 aromatic carbocycles. The number of hydrogen-bond donors (Lipinski definition) is 5. The number of para-hydroxylation sites is 1. The average molecular weight is 504 g/mol. The van der Waals surface area contributed by atoms with E-state index < -0.39 is 10.8 Å². The molecule has 0 aliphatic carbocycles. The SMILES string of the molecule is CC(=O)NCCCCCC(=O)n1cc(S)c(NS(O)(O)c2ccc(Oc3ccccc3)cc2)c1. The Balaban J connectivity index is 1.56. The van der Waals surface area contributed by atoms with Gasteiger partial charge in [-0.15, -0.1) is 12.6 Å². The smallest absolute Gasteiger partial charge is 0.230 e. The maximum Gasteiger partial charge on any atom is 0.230 e. The minimum atomic E-state index is -3.39. The molecule has 0 aliphatic heterocycles. The van der Waals surface area contributed by atoms with Crippen molar-refractivity contribution in [1.29, 1.82) is 0 Å². The molecular formula is C24H29N3O5S2. The van der Waals surface area contributed by atoms with Gasteiger partial charge in [0, 0.05) is 37.2 Å². The fraction of sp³-hybridized carbons (Fsp3) is 0.250. The van der Waals surface area contributed by atoms with Crippen LogP contribution in [-0.2, 0) is 4.79 Å². The van der Waals surface area contributed by atoms with Gasteiger partial charge < -0.3 is 10.1 Å². The molecule has 8 nitrogen and oxygen atoms in total. The van der Waals surface area contributed by atoms with Crippen LogP contribution in [0.5, 0.6) is 11.5 Å². The van der Waals surface area contributed by atoms with Crippen LogP contribution in [0.1, 0.15) is 37.4 Å². The van der Waals surface area contributed by atoms with Crippen molar-refractivity contribution in [2.24, 2.45) is 0 Å². The predicted molar refractivity (Wildman–Crippen MR) is 137 cm³/mol. The number of hydrogen-bond acceptors (Lipinski definition) is 7. The van der Waals surface area contributed by atoms with E-state index in [1.54, 1.807) is 24.3 Å². The first-order valence-electron chi connectivity index (χ1n) is 10.8. The molecular weight excluding hydrogens is 474 g/mol. The zero-order valence-corrected chi connectivity index (χ0v) is 20.5. The van der Waals surface area contributed by atoms with Crippen LogP contribution in [0.15, 0.2) is 76.8 Å². The number of carbonyl (C=O) groups excluding carboxylic acids is 2. The Labute approximate surface area is 206 Å². The number of amides is 1. The third-order valence-electron chi connectivity index (χ3n) is 4.92. The van der Waals surface area contributed by atoms with Gasteiger partial charge in [0.25, 0.3) is 0 Å². The standard InChI is InChI=1S/C24H29N3O5S2/c1-18(28)25-15-7-3-6-10-24(29)27-16-22(23(33)17-27)26-34(30,31)21-13-11-20(12-14-21)32-19-8-4-2-5-9-19/h2,4-5,8-9,11-14,16-17,26,30-31,33H,3,6-7,10,15H2,1H3,(H,25,28). The van der Waals surface area contributed by atoms with Crippen LogP contribution in [0.3, 0.4) is 0 Å². The number of rotatable bonds is 11. The third-order valence-corrected chi connectivity index (χ3v) is 6.71. The number of ether oxygens (including phenoxy) is 1. The molecule has 0 saturated carbocycles. The molecule has 3 aromatic rings. The number of unbranched alkanes of at least 4 members (excludes halogenated alkanes) is 2. The maximum atomic E-state index is 12.5. The number of carbonyl (C=O) groups is 2. The molecule has 1 heterocycles. The summed E-state index contributed by atoms with van der Waals surface area (Å²) >= 11 is 4.36. The fourth-order valence-electron chi connectivity index (χ4n) is 3.17. The van der Waals surface area contributed by atoms with E-state index in [-0.39, 0.29) is 16.7 Å². The van der Waals surface area contributed by atoms with Gasteiger partial charge in [-0.1, -0.05) is 35.4 Å². The van der Waals surface area contributed by atoms with Crippen molar-refractivity contribution < 1.29 is 23.4 Å². The van der Waals surface area contributed by atoms with E-state index >= 15 is 0 Å². The number of nitrogens with one attached hydrogen (secondary N) is 2. The molecule has 3 rings (SSSR count). The summed E-state index contributed by atoms with van der Waals surface area (Å²) < 4.78 is 31.2. The lowest BCUT2D eigenvalue weighted by Crippen LogP contribution is -2.20. The van der Waals surface area contributed by atoms with Gasteiger partial charge in [0.05, 0.1) is 10.6 Å². The van der Waals surface area contributed by atoms with E-state index in [4.69, 9.17) is 4.74 Å². The lowest BCUT2D eigenvalue weighted by atomic mass is 10.2. The summed E-state index contributed by atoms with van der Waals surface area (Å²) in [7, 11) is -3.39. The van der Waals surface area contributed by atoms with Crippen LogP contribution in [0.25, 0.3) is 0 Å². The van der Waals surface area contributed by atoms with Gasteiger partial charge in [-0.25, -0.2) is 0 Å². The molecule has 0 unspecified atom stereocenters. The van der Waals surface area contributed by atoms with E-state index in [9.17, 15) is 18.7 Å². The van der Waals surface area contributed by atoms with E-state index in [1.165, 1.54) is 23.9 Å².